The first kappa shape index (κ1) is 10.9. The summed E-state index contributed by atoms with van der Waals surface area (Å²) < 4.78 is 4.62. The van der Waals surface area contributed by atoms with E-state index < -0.39 is 5.97 Å². The number of rotatable bonds is 2. The molecule has 14 heavy (non-hydrogen) atoms. The summed E-state index contributed by atoms with van der Waals surface area (Å²) in [7, 11) is 1.35. The molecular weight excluding hydrogens is 198 g/mol. The van der Waals surface area contributed by atoms with Gasteiger partial charge in [0, 0.05) is 4.90 Å². The fraction of sp³-hybridized carbons (Fsp3) is 0.300. The Hall–Kier alpha value is -1.16. The second kappa shape index (κ2) is 4.37. The van der Waals surface area contributed by atoms with Crippen molar-refractivity contribution in [2.24, 2.45) is 0 Å². The molecule has 76 valence electrons. The molecule has 1 aromatic rings. The van der Waals surface area contributed by atoms with Crippen LogP contribution in [0.15, 0.2) is 17.0 Å². The summed E-state index contributed by atoms with van der Waals surface area (Å²) in [6.07, 6.45) is 1.97. The van der Waals surface area contributed by atoms with E-state index in [9.17, 15) is 4.79 Å². The van der Waals surface area contributed by atoms with Crippen molar-refractivity contribution in [3.63, 3.8) is 0 Å². The zero-order chi connectivity index (χ0) is 10.7. The first-order chi connectivity index (χ1) is 6.61. The van der Waals surface area contributed by atoms with Crippen molar-refractivity contribution in [3.8, 4) is 0 Å². The van der Waals surface area contributed by atoms with E-state index in [1.54, 1.807) is 17.8 Å². The number of ether oxygens (including phenoxy) is 1. The van der Waals surface area contributed by atoms with Crippen molar-refractivity contribution in [1.82, 2.24) is 0 Å². The van der Waals surface area contributed by atoms with Crippen LogP contribution in [-0.2, 0) is 4.74 Å². The molecule has 1 aromatic carbocycles. The molecule has 2 N–H and O–H groups in total. The molecule has 0 saturated heterocycles. The lowest BCUT2D eigenvalue weighted by molar-refractivity contribution is 0.0602. The van der Waals surface area contributed by atoms with E-state index in [2.05, 4.69) is 4.74 Å². The maximum atomic E-state index is 11.3. The van der Waals surface area contributed by atoms with Gasteiger partial charge in [-0.15, -0.1) is 11.8 Å². The number of nitrogen functional groups attached to an aromatic ring is 1. The Morgan fingerprint density at radius 1 is 1.50 bits per heavy atom. The molecule has 0 atom stereocenters. The number of methoxy groups -OCH3 is 1. The third-order valence-electron chi connectivity index (χ3n) is 2.09. The lowest BCUT2D eigenvalue weighted by atomic mass is 10.1. The number of thioether (sulfide) groups is 1. The summed E-state index contributed by atoms with van der Waals surface area (Å²) in [6.45, 7) is 1.90. The summed E-state index contributed by atoms with van der Waals surface area (Å²) in [5.74, 6) is -0.391. The Morgan fingerprint density at radius 3 is 2.64 bits per heavy atom. The first-order valence-electron chi connectivity index (χ1n) is 4.13. The summed E-state index contributed by atoms with van der Waals surface area (Å²) in [6, 6.07) is 3.57. The van der Waals surface area contributed by atoms with Crippen molar-refractivity contribution in [3.05, 3.63) is 23.3 Å². The van der Waals surface area contributed by atoms with Crippen LogP contribution in [-0.4, -0.2) is 19.3 Å². The number of nitrogens with two attached hydrogens (primary N) is 1. The van der Waals surface area contributed by atoms with E-state index in [0.717, 1.165) is 10.5 Å². The highest BCUT2D eigenvalue weighted by atomic mass is 32.2. The van der Waals surface area contributed by atoms with Crippen LogP contribution in [0.4, 0.5) is 5.69 Å². The molecule has 0 saturated carbocycles. The van der Waals surface area contributed by atoms with Gasteiger partial charge in [-0.2, -0.15) is 0 Å². The maximum Gasteiger partial charge on any atom is 0.339 e. The van der Waals surface area contributed by atoms with E-state index in [1.165, 1.54) is 7.11 Å². The normalized spacial score (nSPS) is 9.93. The second-order valence-corrected chi connectivity index (χ2v) is 3.69. The summed E-state index contributed by atoms with van der Waals surface area (Å²) >= 11 is 1.61. The van der Waals surface area contributed by atoms with Gasteiger partial charge in [-0.1, -0.05) is 0 Å². The fourth-order valence-electron chi connectivity index (χ4n) is 1.22. The average molecular weight is 211 g/mol. The zero-order valence-corrected chi connectivity index (χ0v) is 9.27. The van der Waals surface area contributed by atoms with Crippen LogP contribution in [0, 0.1) is 6.92 Å². The summed E-state index contributed by atoms with van der Waals surface area (Å²) in [4.78, 5) is 12.4. The van der Waals surface area contributed by atoms with Crippen molar-refractivity contribution >= 4 is 23.4 Å². The number of carbonyl (C=O) groups is 1. The second-order valence-electron chi connectivity index (χ2n) is 2.85. The highest BCUT2D eigenvalue weighted by Crippen LogP contribution is 2.27. The predicted octanol–water partition coefficient (Wildman–Crippen LogP) is 2.09. The molecule has 0 spiro atoms. The molecule has 0 aliphatic heterocycles. The fourth-order valence-corrected chi connectivity index (χ4v) is 1.84. The van der Waals surface area contributed by atoms with Crippen molar-refractivity contribution in [1.29, 1.82) is 0 Å². The number of hydrogen-bond acceptors (Lipinski definition) is 4. The third-order valence-corrected chi connectivity index (χ3v) is 2.97. The smallest absolute Gasteiger partial charge is 0.339 e. The van der Waals surface area contributed by atoms with E-state index >= 15 is 0 Å². The monoisotopic (exact) mass is 211 g/mol. The van der Waals surface area contributed by atoms with E-state index in [1.807, 2.05) is 19.2 Å². The molecule has 4 heteroatoms. The van der Waals surface area contributed by atoms with Crippen LogP contribution < -0.4 is 5.73 Å². The molecule has 1 rings (SSSR count). The van der Waals surface area contributed by atoms with Gasteiger partial charge in [-0.3, -0.25) is 0 Å². The number of anilines is 1. The first-order valence-corrected chi connectivity index (χ1v) is 5.35. The zero-order valence-electron chi connectivity index (χ0n) is 8.46. The Morgan fingerprint density at radius 2 is 2.14 bits per heavy atom. The Kier molecular flexibility index (Phi) is 3.41. The van der Waals surface area contributed by atoms with Gasteiger partial charge in [-0.25, -0.2) is 4.79 Å². The number of carbonyl (C=O) groups excluding carboxylic acids is 1. The number of hydrogen-bond donors (Lipinski definition) is 1. The number of esters is 1. The topological polar surface area (TPSA) is 52.3 Å². The lowest BCUT2D eigenvalue weighted by Gasteiger charge is -2.09. The molecule has 0 amide bonds. The predicted molar refractivity (Wildman–Crippen MR) is 58.7 cm³/mol. The minimum atomic E-state index is -0.391. The van der Waals surface area contributed by atoms with Crippen LogP contribution in [0.1, 0.15) is 15.9 Å². The van der Waals surface area contributed by atoms with Crippen LogP contribution in [0.25, 0.3) is 0 Å². The molecule has 0 fully saturated rings. The highest BCUT2D eigenvalue weighted by molar-refractivity contribution is 7.98. The third kappa shape index (κ3) is 1.85. The SMILES string of the molecule is COC(=O)c1ccc(SC)c(C)c1N. The highest BCUT2D eigenvalue weighted by Gasteiger charge is 2.13. The molecule has 0 radical (unpaired) electrons. The van der Waals surface area contributed by atoms with Crippen molar-refractivity contribution in [2.45, 2.75) is 11.8 Å². The largest absolute Gasteiger partial charge is 0.465 e. The van der Waals surface area contributed by atoms with Gasteiger partial charge < -0.3 is 10.5 Å². The van der Waals surface area contributed by atoms with E-state index in [4.69, 9.17) is 5.73 Å². The lowest BCUT2D eigenvalue weighted by Crippen LogP contribution is -2.07. The van der Waals surface area contributed by atoms with Gasteiger partial charge in [0.25, 0.3) is 0 Å². The van der Waals surface area contributed by atoms with E-state index in [-0.39, 0.29) is 0 Å². The van der Waals surface area contributed by atoms with E-state index in [0.29, 0.717) is 11.3 Å². The molecule has 0 aromatic heterocycles. The molecule has 0 bridgehead atoms. The van der Waals surface area contributed by atoms with Crippen LogP contribution in [0.3, 0.4) is 0 Å². The minimum Gasteiger partial charge on any atom is -0.465 e. The molecule has 0 aliphatic rings. The summed E-state index contributed by atoms with van der Waals surface area (Å²) in [5, 5.41) is 0. The molecule has 0 unspecified atom stereocenters. The Balaban J connectivity index is 3.24. The van der Waals surface area contributed by atoms with Gasteiger partial charge in [-0.05, 0) is 30.9 Å². The molecule has 0 aliphatic carbocycles. The number of benzene rings is 1. The van der Waals surface area contributed by atoms with Crippen molar-refractivity contribution < 1.29 is 9.53 Å². The van der Waals surface area contributed by atoms with Crippen LogP contribution >= 0.6 is 11.8 Å². The van der Waals surface area contributed by atoms with Gasteiger partial charge in [0.15, 0.2) is 0 Å². The Labute approximate surface area is 87.6 Å². The van der Waals surface area contributed by atoms with Crippen LogP contribution in [0.5, 0.6) is 0 Å². The average Bonchev–Trinajstić information content (AvgIpc) is 2.21. The standard InChI is InChI=1S/C10H13NO2S/c1-6-8(14-3)5-4-7(9(6)11)10(12)13-2/h4-5H,11H2,1-3H3. The van der Waals surface area contributed by atoms with Gasteiger partial charge in [0.05, 0.1) is 18.4 Å². The van der Waals surface area contributed by atoms with Crippen LogP contribution in [0.2, 0.25) is 0 Å². The maximum absolute atomic E-state index is 11.3. The van der Waals surface area contributed by atoms with Gasteiger partial charge in [0.2, 0.25) is 0 Å². The Bertz CT molecular complexity index is 363. The molecular formula is C10H13NO2S. The molecule has 3 nitrogen and oxygen atoms in total. The van der Waals surface area contributed by atoms with Crippen molar-refractivity contribution in [2.75, 3.05) is 19.1 Å². The van der Waals surface area contributed by atoms with Gasteiger partial charge >= 0.3 is 5.97 Å². The van der Waals surface area contributed by atoms with Gasteiger partial charge in [0.1, 0.15) is 0 Å². The minimum absolute atomic E-state index is 0.391. The molecule has 0 heterocycles. The quantitative estimate of drug-likeness (QED) is 0.462. The summed E-state index contributed by atoms with van der Waals surface area (Å²) in [5.41, 5.74) is 7.69.